The summed E-state index contributed by atoms with van der Waals surface area (Å²) in [4.78, 5) is 16.1. The van der Waals surface area contributed by atoms with Gasteiger partial charge in [0.05, 0.1) is 5.71 Å². The molecule has 102 valence electrons. The highest BCUT2D eigenvalue weighted by molar-refractivity contribution is 6.30. The first-order valence-electron chi connectivity index (χ1n) is 6.09. The van der Waals surface area contributed by atoms with Gasteiger partial charge in [0.2, 0.25) is 0 Å². The molecule has 2 rings (SSSR count). The molecule has 0 aliphatic carbocycles. The molecule has 20 heavy (non-hydrogen) atoms. The molecule has 1 N–H and O–H groups in total. The Morgan fingerprint density at radius 1 is 1.15 bits per heavy atom. The number of carbonyl (C=O) groups excluding carboxylic acids is 1. The molecule has 0 bridgehead atoms. The Morgan fingerprint density at radius 3 is 2.40 bits per heavy atom. The van der Waals surface area contributed by atoms with Crippen molar-refractivity contribution in [2.75, 3.05) is 0 Å². The predicted molar refractivity (Wildman–Crippen MR) is 80.1 cm³/mol. The summed E-state index contributed by atoms with van der Waals surface area (Å²) in [7, 11) is 0. The summed E-state index contributed by atoms with van der Waals surface area (Å²) in [6.07, 6.45) is 1.72. The Morgan fingerprint density at radius 2 is 1.80 bits per heavy atom. The van der Waals surface area contributed by atoms with E-state index in [1.807, 2.05) is 26.0 Å². The van der Waals surface area contributed by atoms with E-state index in [9.17, 15) is 4.79 Å². The molecule has 5 heteroatoms. The molecule has 2 aromatic rings. The summed E-state index contributed by atoms with van der Waals surface area (Å²) in [6.45, 7) is 3.73. The molecule has 0 saturated carbocycles. The average Bonchev–Trinajstić information content (AvgIpc) is 2.46. The van der Waals surface area contributed by atoms with Crippen molar-refractivity contribution >= 4 is 23.2 Å². The second-order valence-electron chi connectivity index (χ2n) is 4.33. The monoisotopic (exact) mass is 287 g/mol. The van der Waals surface area contributed by atoms with E-state index in [0.717, 1.165) is 11.3 Å². The SMILES string of the molecule is CC(=NNC(=O)c1ccc(Cl)cc1)c1ccc(C)nc1. The Bertz CT molecular complexity index is 633. The van der Waals surface area contributed by atoms with E-state index < -0.39 is 0 Å². The van der Waals surface area contributed by atoms with Crippen molar-refractivity contribution in [2.24, 2.45) is 5.10 Å². The molecule has 1 aromatic heterocycles. The summed E-state index contributed by atoms with van der Waals surface area (Å²) in [5, 5.41) is 4.66. The van der Waals surface area contributed by atoms with Crippen LogP contribution in [-0.4, -0.2) is 16.6 Å². The molecule has 1 heterocycles. The Hall–Kier alpha value is -2.20. The molecule has 0 unspecified atom stereocenters. The van der Waals surface area contributed by atoms with Crippen LogP contribution in [0.3, 0.4) is 0 Å². The van der Waals surface area contributed by atoms with Gasteiger partial charge >= 0.3 is 0 Å². The molecular weight excluding hydrogens is 274 g/mol. The van der Waals surface area contributed by atoms with Crippen molar-refractivity contribution < 1.29 is 4.79 Å². The number of pyridine rings is 1. The maximum Gasteiger partial charge on any atom is 0.271 e. The maximum absolute atomic E-state index is 11.9. The van der Waals surface area contributed by atoms with Gasteiger partial charge in [-0.25, -0.2) is 5.43 Å². The number of rotatable bonds is 3. The Balaban J connectivity index is 2.06. The zero-order chi connectivity index (χ0) is 14.5. The zero-order valence-electron chi connectivity index (χ0n) is 11.2. The number of amides is 1. The lowest BCUT2D eigenvalue weighted by Crippen LogP contribution is -2.19. The third-order valence-electron chi connectivity index (χ3n) is 2.76. The van der Waals surface area contributed by atoms with Crippen molar-refractivity contribution in [3.8, 4) is 0 Å². The van der Waals surface area contributed by atoms with Gasteiger partial charge in [0.1, 0.15) is 0 Å². The summed E-state index contributed by atoms with van der Waals surface area (Å²) in [5.74, 6) is -0.277. The summed E-state index contributed by atoms with van der Waals surface area (Å²) >= 11 is 5.77. The third kappa shape index (κ3) is 3.65. The van der Waals surface area contributed by atoms with E-state index >= 15 is 0 Å². The highest BCUT2D eigenvalue weighted by Gasteiger charge is 2.04. The molecule has 4 nitrogen and oxygen atoms in total. The van der Waals surface area contributed by atoms with Crippen LogP contribution in [0.25, 0.3) is 0 Å². The fourth-order valence-electron chi connectivity index (χ4n) is 1.55. The highest BCUT2D eigenvalue weighted by atomic mass is 35.5. The van der Waals surface area contributed by atoms with Gasteiger partial charge in [-0.15, -0.1) is 0 Å². The van der Waals surface area contributed by atoms with Gasteiger partial charge in [-0.2, -0.15) is 5.10 Å². The van der Waals surface area contributed by atoms with Gasteiger partial charge in [-0.05, 0) is 50.2 Å². The molecule has 0 radical (unpaired) electrons. The topological polar surface area (TPSA) is 54.4 Å². The number of nitrogens with one attached hydrogen (secondary N) is 1. The normalized spacial score (nSPS) is 11.2. The summed E-state index contributed by atoms with van der Waals surface area (Å²) in [6, 6.07) is 10.4. The molecule has 0 spiro atoms. The standard InChI is InChI=1S/C15H14ClN3O/c1-10-3-4-13(9-17-10)11(2)18-19-15(20)12-5-7-14(16)8-6-12/h3-9H,1-2H3,(H,19,20). The fourth-order valence-corrected chi connectivity index (χ4v) is 1.67. The molecule has 0 saturated heterocycles. The first kappa shape index (κ1) is 14.2. The second kappa shape index (κ2) is 6.30. The van der Waals surface area contributed by atoms with Gasteiger partial charge in [-0.3, -0.25) is 9.78 Å². The minimum absolute atomic E-state index is 0.277. The van der Waals surface area contributed by atoms with Crippen LogP contribution in [0.4, 0.5) is 0 Å². The number of nitrogens with zero attached hydrogens (tertiary/aromatic N) is 2. The van der Waals surface area contributed by atoms with Crippen molar-refractivity contribution in [3.63, 3.8) is 0 Å². The van der Waals surface area contributed by atoms with Crippen molar-refractivity contribution in [3.05, 3.63) is 64.4 Å². The van der Waals surface area contributed by atoms with Gasteiger partial charge < -0.3 is 0 Å². The largest absolute Gasteiger partial charge is 0.271 e. The Kier molecular flexibility index (Phi) is 4.48. The summed E-state index contributed by atoms with van der Waals surface area (Å²) < 4.78 is 0. The van der Waals surface area contributed by atoms with E-state index in [-0.39, 0.29) is 5.91 Å². The van der Waals surface area contributed by atoms with Crippen LogP contribution >= 0.6 is 11.6 Å². The van der Waals surface area contributed by atoms with Crippen molar-refractivity contribution in [1.82, 2.24) is 10.4 Å². The van der Waals surface area contributed by atoms with Crippen LogP contribution < -0.4 is 5.43 Å². The fraction of sp³-hybridized carbons (Fsp3) is 0.133. The quantitative estimate of drug-likeness (QED) is 0.696. The van der Waals surface area contributed by atoms with E-state index in [0.29, 0.717) is 16.3 Å². The second-order valence-corrected chi connectivity index (χ2v) is 4.77. The predicted octanol–water partition coefficient (Wildman–Crippen LogP) is 3.20. The van der Waals surface area contributed by atoms with Gasteiger partial charge in [0.25, 0.3) is 5.91 Å². The number of hydrogen-bond donors (Lipinski definition) is 1. The van der Waals surface area contributed by atoms with Crippen molar-refractivity contribution in [2.45, 2.75) is 13.8 Å². The van der Waals surface area contributed by atoms with Crippen LogP contribution in [0.2, 0.25) is 5.02 Å². The lowest BCUT2D eigenvalue weighted by molar-refractivity contribution is 0.0955. The molecule has 0 fully saturated rings. The van der Waals surface area contributed by atoms with Crippen LogP contribution in [-0.2, 0) is 0 Å². The van der Waals surface area contributed by atoms with Gasteiger partial charge in [0, 0.05) is 28.0 Å². The van der Waals surface area contributed by atoms with Crippen LogP contribution in [0.15, 0.2) is 47.7 Å². The lowest BCUT2D eigenvalue weighted by atomic mass is 10.2. The lowest BCUT2D eigenvalue weighted by Gasteiger charge is -2.03. The average molecular weight is 288 g/mol. The molecule has 1 amide bonds. The first-order valence-corrected chi connectivity index (χ1v) is 6.47. The van der Waals surface area contributed by atoms with Crippen molar-refractivity contribution in [1.29, 1.82) is 0 Å². The smallest absolute Gasteiger partial charge is 0.267 e. The third-order valence-corrected chi connectivity index (χ3v) is 3.01. The number of benzene rings is 1. The molecule has 0 aliphatic heterocycles. The van der Waals surface area contributed by atoms with Crippen LogP contribution in [0.5, 0.6) is 0 Å². The number of halogens is 1. The Labute approximate surface area is 122 Å². The van der Waals surface area contributed by atoms with Crippen LogP contribution in [0, 0.1) is 6.92 Å². The van der Waals surface area contributed by atoms with Gasteiger partial charge in [0.15, 0.2) is 0 Å². The molecule has 1 aromatic carbocycles. The zero-order valence-corrected chi connectivity index (χ0v) is 12.0. The van der Waals surface area contributed by atoms with E-state index in [1.54, 1.807) is 30.5 Å². The van der Waals surface area contributed by atoms with E-state index in [4.69, 9.17) is 11.6 Å². The minimum Gasteiger partial charge on any atom is -0.267 e. The highest BCUT2D eigenvalue weighted by Crippen LogP contribution is 2.09. The summed E-state index contributed by atoms with van der Waals surface area (Å²) in [5.41, 5.74) is 5.52. The minimum atomic E-state index is -0.277. The number of aromatic nitrogens is 1. The van der Waals surface area contributed by atoms with Crippen LogP contribution in [0.1, 0.15) is 28.5 Å². The first-order chi connectivity index (χ1) is 9.56. The number of hydrogen-bond acceptors (Lipinski definition) is 3. The molecule has 0 aliphatic rings. The number of carbonyl (C=O) groups is 1. The maximum atomic E-state index is 11.9. The van der Waals surface area contributed by atoms with E-state index in [1.165, 1.54) is 0 Å². The van der Waals surface area contributed by atoms with Gasteiger partial charge in [-0.1, -0.05) is 11.6 Å². The molecule has 0 atom stereocenters. The molecular formula is C15H14ClN3O. The van der Waals surface area contributed by atoms with E-state index in [2.05, 4.69) is 15.5 Å². The number of hydrazone groups is 1. The number of aryl methyl sites for hydroxylation is 1.